The Morgan fingerprint density at radius 1 is 1.79 bits per heavy atom. The molecule has 0 aliphatic carbocycles. The predicted octanol–water partition coefficient (Wildman–Crippen LogP) is 0.316. The van der Waals surface area contributed by atoms with Crippen LogP contribution in [0.3, 0.4) is 0 Å². The molecule has 1 unspecified atom stereocenters. The second-order valence-electron chi connectivity index (χ2n) is 3.23. The Hall–Kier alpha value is -0.880. The van der Waals surface area contributed by atoms with Gasteiger partial charge in [-0.2, -0.15) is 0 Å². The van der Waals surface area contributed by atoms with Crippen LogP contribution in [0.15, 0.2) is 15.6 Å². The second-order valence-corrected chi connectivity index (χ2v) is 4.02. The van der Waals surface area contributed by atoms with Crippen molar-refractivity contribution >= 4 is 21.7 Å². The van der Waals surface area contributed by atoms with Crippen LogP contribution in [0.4, 0.5) is 5.82 Å². The summed E-state index contributed by atoms with van der Waals surface area (Å²) in [5.74, 6) is 0.603. The molecule has 5 nitrogen and oxygen atoms in total. The number of likely N-dealkylation sites (N-methyl/N-ethyl adjacent to an activating group) is 1. The van der Waals surface area contributed by atoms with E-state index in [0.29, 0.717) is 16.8 Å². The van der Waals surface area contributed by atoms with Crippen molar-refractivity contribution in [2.75, 3.05) is 18.5 Å². The van der Waals surface area contributed by atoms with E-state index in [1.807, 2.05) is 18.9 Å². The fourth-order valence-corrected chi connectivity index (χ4v) is 1.68. The van der Waals surface area contributed by atoms with Gasteiger partial charge in [-0.3, -0.25) is 4.79 Å². The van der Waals surface area contributed by atoms with Gasteiger partial charge in [-0.1, -0.05) is 0 Å². The molecule has 0 aliphatic rings. The zero-order chi connectivity index (χ0) is 10.7. The SMILES string of the molecule is CC(N)CN(C)c1nc[nH]c(=O)c1Br. The van der Waals surface area contributed by atoms with Crippen LogP contribution < -0.4 is 16.2 Å². The largest absolute Gasteiger partial charge is 0.357 e. The van der Waals surface area contributed by atoms with Gasteiger partial charge in [0.05, 0.1) is 6.33 Å². The molecule has 1 rings (SSSR count). The quantitative estimate of drug-likeness (QED) is 0.821. The molecule has 0 aliphatic heterocycles. The van der Waals surface area contributed by atoms with Gasteiger partial charge in [-0.15, -0.1) is 0 Å². The number of halogens is 1. The van der Waals surface area contributed by atoms with Crippen LogP contribution in [0.25, 0.3) is 0 Å². The summed E-state index contributed by atoms with van der Waals surface area (Å²) in [5, 5.41) is 0. The summed E-state index contributed by atoms with van der Waals surface area (Å²) >= 11 is 3.18. The van der Waals surface area contributed by atoms with Gasteiger partial charge in [0, 0.05) is 19.6 Å². The van der Waals surface area contributed by atoms with Crippen molar-refractivity contribution in [3.63, 3.8) is 0 Å². The maximum atomic E-state index is 11.2. The average Bonchev–Trinajstić information content (AvgIpc) is 2.08. The van der Waals surface area contributed by atoms with E-state index in [4.69, 9.17) is 5.73 Å². The molecule has 0 radical (unpaired) electrons. The summed E-state index contributed by atoms with van der Waals surface area (Å²) in [6.07, 6.45) is 1.38. The normalized spacial score (nSPS) is 12.6. The average molecular weight is 261 g/mol. The maximum absolute atomic E-state index is 11.2. The number of nitrogens with two attached hydrogens (primary N) is 1. The van der Waals surface area contributed by atoms with Crippen molar-refractivity contribution in [3.05, 3.63) is 21.2 Å². The van der Waals surface area contributed by atoms with Crippen molar-refractivity contribution in [2.45, 2.75) is 13.0 Å². The molecule has 1 aromatic rings. The van der Waals surface area contributed by atoms with Crippen LogP contribution in [0.1, 0.15) is 6.92 Å². The molecule has 0 aromatic carbocycles. The van der Waals surface area contributed by atoms with Crippen LogP contribution in [0, 0.1) is 0 Å². The van der Waals surface area contributed by atoms with Gasteiger partial charge in [-0.05, 0) is 22.9 Å². The van der Waals surface area contributed by atoms with E-state index in [9.17, 15) is 4.79 Å². The molecule has 0 bridgehead atoms. The topological polar surface area (TPSA) is 75.0 Å². The lowest BCUT2D eigenvalue weighted by Crippen LogP contribution is -2.34. The Morgan fingerprint density at radius 2 is 2.43 bits per heavy atom. The number of nitrogens with zero attached hydrogens (tertiary/aromatic N) is 2. The highest BCUT2D eigenvalue weighted by Gasteiger charge is 2.10. The smallest absolute Gasteiger partial charge is 0.267 e. The third-order valence-electron chi connectivity index (χ3n) is 1.70. The fourth-order valence-electron chi connectivity index (χ4n) is 1.16. The summed E-state index contributed by atoms with van der Waals surface area (Å²) in [4.78, 5) is 19.6. The minimum absolute atomic E-state index is 0.0352. The lowest BCUT2D eigenvalue weighted by Gasteiger charge is -2.20. The van der Waals surface area contributed by atoms with Gasteiger partial charge >= 0.3 is 0 Å². The predicted molar refractivity (Wildman–Crippen MR) is 59.5 cm³/mol. The van der Waals surface area contributed by atoms with Crippen LogP contribution in [0.5, 0.6) is 0 Å². The second kappa shape index (κ2) is 4.56. The van der Waals surface area contributed by atoms with Gasteiger partial charge in [0.2, 0.25) is 0 Å². The van der Waals surface area contributed by atoms with E-state index < -0.39 is 0 Å². The molecule has 1 atom stereocenters. The molecule has 1 heterocycles. The monoisotopic (exact) mass is 260 g/mol. The number of nitrogens with one attached hydrogen (secondary N) is 1. The Bertz CT molecular complexity index is 363. The number of hydrogen-bond acceptors (Lipinski definition) is 4. The number of H-pyrrole nitrogens is 1. The minimum atomic E-state index is -0.188. The van der Waals surface area contributed by atoms with Gasteiger partial charge < -0.3 is 15.6 Å². The first kappa shape index (κ1) is 11.2. The third-order valence-corrected chi connectivity index (χ3v) is 2.42. The van der Waals surface area contributed by atoms with Crippen LogP contribution >= 0.6 is 15.9 Å². The van der Waals surface area contributed by atoms with Gasteiger partial charge in [0.1, 0.15) is 10.3 Å². The molecule has 14 heavy (non-hydrogen) atoms. The van der Waals surface area contributed by atoms with Gasteiger partial charge in [0.25, 0.3) is 5.56 Å². The summed E-state index contributed by atoms with van der Waals surface area (Å²) in [7, 11) is 1.84. The van der Waals surface area contributed by atoms with Crippen LogP contribution in [-0.2, 0) is 0 Å². The fraction of sp³-hybridized carbons (Fsp3) is 0.500. The van der Waals surface area contributed by atoms with E-state index in [0.717, 1.165) is 0 Å². The lowest BCUT2D eigenvalue weighted by molar-refractivity contribution is 0.709. The number of aromatic nitrogens is 2. The van der Waals surface area contributed by atoms with Crippen LogP contribution in [-0.4, -0.2) is 29.6 Å². The first-order valence-corrected chi connectivity index (χ1v) is 5.01. The molecule has 0 fully saturated rings. The summed E-state index contributed by atoms with van der Waals surface area (Å²) in [6, 6.07) is 0.0352. The molecule has 0 spiro atoms. The molecule has 1 aromatic heterocycles. The maximum Gasteiger partial charge on any atom is 0.267 e. The zero-order valence-electron chi connectivity index (χ0n) is 8.12. The Labute approximate surface area is 90.5 Å². The molecule has 0 amide bonds. The summed E-state index contributed by atoms with van der Waals surface area (Å²) < 4.78 is 0.433. The van der Waals surface area contributed by atoms with E-state index in [1.54, 1.807) is 0 Å². The molecular weight excluding hydrogens is 248 g/mol. The van der Waals surface area contributed by atoms with E-state index >= 15 is 0 Å². The van der Waals surface area contributed by atoms with Crippen molar-refractivity contribution in [1.82, 2.24) is 9.97 Å². The highest BCUT2D eigenvalue weighted by Crippen LogP contribution is 2.16. The van der Waals surface area contributed by atoms with E-state index in [1.165, 1.54) is 6.33 Å². The van der Waals surface area contributed by atoms with Gasteiger partial charge in [0.15, 0.2) is 0 Å². The minimum Gasteiger partial charge on any atom is -0.357 e. The van der Waals surface area contributed by atoms with Crippen LogP contribution in [0.2, 0.25) is 0 Å². The van der Waals surface area contributed by atoms with E-state index in [2.05, 4.69) is 25.9 Å². The van der Waals surface area contributed by atoms with Crippen molar-refractivity contribution < 1.29 is 0 Å². The van der Waals surface area contributed by atoms with Gasteiger partial charge in [-0.25, -0.2) is 4.98 Å². The standard InChI is InChI=1S/C8H13BrN4O/c1-5(10)3-13(2)7-6(9)8(14)12-4-11-7/h4-5H,3,10H2,1-2H3,(H,11,12,14). The molecule has 0 saturated heterocycles. The molecule has 0 saturated carbocycles. The first-order valence-electron chi connectivity index (χ1n) is 4.22. The lowest BCUT2D eigenvalue weighted by atomic mass is 10.3. The number of hydrogen-bond donors (Lipinski definition) is 2. The highest BCUT2D eigenvalue weighted by molar-refractivity contribution is 9.10. The number of anilines is 1. The Kier molecular flexibility index (Phi) is 3.65. The molecule has 6 heteroatoms. The molecule has 3 N–H and O–H groups in total. The summed E-state index contributed by atoms with van der Waals surface area (Å²) in [5.41, 5.74) is 5.46. The van der Waals surface area contributed by atoms with Crippen molar-refractivity contribution in [2.24, 2.45) is 5.73 Å². The van der Waals surface area contributed by atoms with Crippen molar-refractivity contribution in [1.29, 1.82) is 0 Å². The summed E-state index contributed by atoms with van der Waals surface area (Å²) in [6.45, 7) is 2.55. The third kappa shape index (κ3) is 2.55. The highest BCUT2D eigenvalue weighted by atomic mass is 79.9. The van der Waals surface area contributed by atoms with E-state index in [-0.39, 0.29) is 11.6 Å². The number of aromatic amines is 1. The zero-order valence-corrected chi connectivity index (χ0v) is 9.71. The molecule has 78 valence electrons. The Balaban J connectivity index is 2.95. The first-order chi connectivity index (χ1) is 6.52. The number of rotatable bonds is 3. The van der Waals surface area contributed by atoms with Crippen molar-refractivity contribution in [3.8, 4) is 0 Å². The Morgan fingerprint density at radius 3 is 3.00 bits per heavy atom. The molecular formula is C8H13BrN4O.